The highest BCUT2D eigenvalue weighted by atomic mass is 32.2. The number of aromatic nitrogens is 1. The van der Waals surface area contributed by atoms with E-state index < -0.39 is 5.91 Å². The number of hydrogen-bond donors (Lipinski definition) is 2. The molecule has 0 fully saturated rings. The summed E-state index contributed by atoms with van der Waals surface area (Å²) in [4.78, 5) is 28.6. The quantitative estimate of drug-likeness (QED) is 0.585. The van der Waals surface area contributed by atoms with Crippen LogP contribution >= 0.6 is 23.1 Å². The van der Waals surface area contributed by atoms with Gasteiger partial charge in [0.2, 0.25) is 11.8 Å². The van der Waals surface area contributed by atoms with E-state index in [1.807, 2.05) is 20.8 Å². The van der Waals surface area contributed by atoms with Crippen LogP contribution < -0.4 is 20.5 Å². The lowest BCUT2D eigenvalue weighted by atomic mass is 10.2. The summed E-state index contributed by atoms with van der Waals surface area (Å²) in [5, 5.41) is 2.86. The Kier molecular flexibility index (Phi) is 7.93. The van der Waals surface area contributed by atoms with Gasteiger partial charge in [0.05, 0.1) is 36.8 Å². The summed E-state index contributed by atoms with van der Waals surface area (Å²) >= 11 is 2.70. The fraction of sp³-hybridized carbons (Fsp3) is 0.389. The standard InChI is InChI=1S/C18H23N3O4S2/c1-4-24-12-6-7-14(25-5-2)13(8-12)21-17(23)10-26-18-20-11(3)15(27-18)9-16(19)22/h6-8H,4-5,9-10H2,1-3H3,(H2,19,22)(H,21,23). The topological polar surface area (TPSA) is 104 Å². The number of hydrogen-bond acceptors (Lipinski definition) is 7. The molecule has 0 saturated carbocycles. The minimum atomic E-state index is -0.395. The number of thioether (sulfide) groups is 1. The number of primary amides is 1. The van der Waals surface area contributed by atoms with Crippen molar-refractivity contribution in [2.45, 2.75) is 31.5 Å². The summed E-state index contributed by atoms with van der Waals surface area (Å²) in [5.41, 5.74) is 6.57. The zero-order valence-corrected chi connectivity index (χ0v) is 17.2. The molecule has 0 aliphatic rings. The van der Waals surface area contributed by atoms with Gasteiger partial charge in [-0.3, -0.25) is 9.59 Å². The Morgan fingerprint density at radius 1 is 1.26 bits per heavy atom. The first-order valence-electron chi connectivity index (χ1n) is 8.49. The Hall–Kier alpha value is -2.26. The molecule has 146 valence electrons. The van der Waals surface area contributed by atoms with E-state index in [-0.39, 0.29) is 18.1 Å². The fourth-order valence-electron chi connectivity index (χ4n) is 2.24. The summed E-state index contributed by atoms with van der Waals surface area (Å²) < 4.78 is 11.8. The van der Waals surface area contributed by atoms with Gasteiger partial charge in [0, 0.05) is 10.9 Å². The van der Waals surface area contributed by atoms with Gasteiger partial charge in [0.15, 0.2) is 4.34 Å². The van der Waals surface area contributed by atoms with E-state index in [0.29, 0.717) is 30.4 Å². The summed E-state index contributed by atoms with van der Waals surface area (Å²) in [7, 11) is 0. The first-order chi connectivity index (χ1) is 12.9. The summed E-state index contributed by atoms with van der Waals surface area (Å²) in [5.74, 6) is 0.865. The molecule has 7 nitrogen and oxygen atoms in total. The normalized spacial score (nSPS) is 10.5. The third-order valence-corrected chi connectivity index (χ3v) is 5.67. The number of thiazole rings is 1. The monoisotopic (exact) mass is 409 g/mol. The Bertz CT molecular complexity index is 808. The maximum absolute atomic E-state index is 12.4. The molecule has 1 aromatic heterocycles. The van der Waals surface area contributed by atoms with Gasteiger partial charge in [-0.25, -0.2) is 4.98 Å². The Balaban J connectivity index is 2.00. The van der Waals surface area contributed by atoms with Gasteiger partial charge >= 0.3 is 0 Å². The number of ether oxygens (including phenoxy) is 2. The predicted molar refractivity (Wildman–Crippen MR) is 108 cm³/mol. The first-order valence-corrected chi connectivity index (χ1v) is 10.3. The molecule has 2 aromatic rings. The minimum absolute atomic E-state index is 0.165. The van der Waals surface area contributed by atoms with Crippen molar-refractivity contribution >= 4 is 40.6 Å². The van der Waals surface area contributed by atoms with Crippen molar-refractivity contribution in [3.05, 3.63) is 28.8 Å². The summed E-state index contributed by atoms with van der Waals surface area (Å²) in [6.45, 7) is 6.63. The van der Waals surface area contributed by atoms with E-state index in [1.54, 1.807) is 18.2 Å². The van der Waals surface area contributed by atoms with E-state index in [2.05, 4.69) is 10.3 Å². The molecule has 0 aliphatic carbocycles. The average molecular weight is 410 g/mol. The second kappa shape index (κ2) is 10.2. The van der Waals surface area contributed by atoms with E-state index in [4.69, 9.17) is 15.2 Å². The molecule has 2 rings (SSSR count). The number of amides is 2. The third-order valence-electron chi connectivity index (χ3n) is 3.37. The molecule has 0 bridgehead atoms. The van der Waals surface area contributed by atoms with Crippen LogP contribution in [0.3, 0.4) is 0 Å². The molecule has 27 heavy (non-hydrogen) atoms. The van der Waals surface area contributed by atoms with E-state index in [1.165, 1.54) is 23.1 Å². The van der Waals surface area contributed by atoms with Gasteiger partial charge in [-0.1, -0.05) is 11.8 Å². The smallest absolute Gasteiger partial charge is 0.234 e. The molecule has 0 radical (unpaired) electrons. The molecular weight excluding hydrogens is 386 g/mol. The van der Waals surface area contributed by atoms with Crippen LogP contribution in [0.25, 0.3) is 0 Å². The number of carbonyl (C=O) groups is 2. The molecule has 1 heterocycles. The number of nitrogens with zero attached hydrogens (tertiary/aromatic N) is 1. The van der Waals surface area contributed by atoms with Crippen LogP contribution in [0.4, 0.5) is 5.69 Å². The zero-order valence-electron chi connectivity index (χ0n) is 15.5. The van der Waals surface area contributed by atoms with Gasteiger partial charge in [-0.15, -0.1) is 11.3 Å². The Labute approximate surface area is 166 Å². The summed E-state index contributed by atoms with van der Waals surface area (Å²) in [6, 6.07) is 5.32. The van der Waals surface area contributed by atoms with E-state index in [0.717, 1.165) is 14.9 Å². The maximum Gasteiger partial charge on any atom is 0.234 e. The molecule has 0 spiro atoms. The van der Waals surface area contributed by atoms with Gasteiger partial charge in [0.1, 0.15) is 11.5 Å². The highest BCUT2D eigenvalue weighted by molar-refractivity contribution is 8.01. The number of aryl methyl sites for hydroxylation is 1. The lowest BCUT2D eigenvalue weighted by molar-refractivity contribution is -0.117. The number of nitrogens with two attached hydrogens (primary N) is 1. The number of anilines is 1. The van der Waals surface area contributed by atoms with Crippen molar-refractivity contribution in [1.29, 1.82) is 0 Å². The highest BCUT2D eigenvalue weighted by Gasteiger charge is 2.14. The number of rotatable bonds is 10. The van der Waals surface area contributed by atoms with Crippen molar-refractivity contribution in [2.24, 2.45) is 5.73 Å². The molecule has 3 N–H and O–H groups in total. The first kappa shape index (κ1) is 21.0. The molecule has 0 aliphatic heterocycles. The molecular formula is C18H23N3O4S2. The molecule has 9 heteroatoms. The zero-order chi connectivity index (χ0) is 19.8. The van der Waals surface area contributed by atoms with Crippen LogP contribution in [0.15, 0.2) is 22.5 Å². The van der Waals surface area contributed by atoms with E-state index >= 15 is 0 Å². The van der Waals surface area contributed by atoms with Crippen LogP contribution in [-0.2, 0) is 16.0 Å². The van der Waals surface area contributed by atoms with Gasteiger partial charge in [-0.05, 0) is 32.9 Å². The second-order valence-electron chi connectivity index (χ2n) is 5.49. The molecule has 2 amide bonds. The fourth-order valence-corrected chi connectivity index (χ4v) is 4.29. The number of benzene rings is 1. The average Bonchev–Trinajstić information content (AvgIpc) is 2.95. The second-order valence-corrected chi connectivity index (χ2v) is 7.80. The van der Waals surface area contributed by atoms with Crippen LogP contribution in [-0.4, -0.2) is 35.8 Å². The SMILES string of the molecule is CCOc1ccc(OCC)c(NC(=O)CSc2nc(C)c(CC(N)=O)s2)c1. The molecule has 1 aromatic carbocycles. The van der Waals surface area contributed by atoms with Crippen molar-refractivity contribution in [2.75, 3.05) is 24.3 Å². The molecule has 0 unspecified atom stereocenters. The summed E-state index contributed by atoms with van der Waals surface area (Å²) in [6.07, 6.45) is 0.165. The number of carbonyl (C=O) groups excluding carboxylic acids is 2. The van der Waals surface area contributed by atoms with Crippen LogP contribution in [0, 0.1) is 6.92 Å². The lowest BCUT2D eigenvalue weighted by Crippen LogP contribution is -2.15. The largest absolute Gasteiger partial charge is 0.494 e. The Morgan fingerprint density at radius 2 is 2.00 bits per heavy atom. The van der Waals surface area contributed by atoms with Gasteiger partial charge in [-0.2, -0.15) is 0 Å². The lowest BCUT2D eigenvalue weighted by Gasteiger charge is -2.13. The highest BCUT2D eigenvalue weighted by Crippen LogP contribution is 2.31. The van der Waals surface area contributed by atoms with Crippen LogP contribution in [0.1, 0.15) is 24.4 Å². The van der Waals surface area contributed by atoms with Crippen molar-refractivity contribution < 1.29 is 19.1 Å². The number of nitrogens with one attached hydrogen (secondary N) is 1. The predicted octanol–water partition coefficient (Wildman–Crippen LogP) is 3.01. The van der Waals surface area contributed by atoms with Crippen LogP contribution in [0.2, 0.25) is 0 Å². The molecule has 0 saturated heterocycles. The molecule has 0 atom stereocenters. The Morgan fingerprint density at radius 3 is 2.67 bits per heavy atom. The van der Waals surface area contributed by atoms with Crippen molar-refractivity contribution in [3.63, 3.8) is 0 Å². The van der Waals surface area contributed by atoms with Gasteiger partial charge in [0.25, 0.3) is 0 Å². The third kappa shape index (κ3) is 6.44. The maximum atomic E-state index is 12.4. The van der Waals surface area contributed by atoms with Crippen molar-refractivity contribution in [1.82, 2.24) is 4.98 Å². The van der Waals surface area contributed by atoms with Gasteiger partial charge < -0.3 is 20.5 Å². The van der Waals surface area contributed by atoms with E-state index in [9.17, 15) is 9.59 Å². The minimum Gasteiger partial charge on any atom is -0.494 e. The van der Waals surface area contributed by atoms with Crippen molar-refractivity contribution in [3.8, 4) is 11.5 Å². The van der Waals surface area contributed by atoms with Crippen LogP contribution in [0.5, 0.6) is 11.5 Å².